The highest BCUT2D eigenvalue weighted by atomic mass is 32.2. The summed E-state index contributed by atoms with van der Waals surface area (Å²) in [6, 6.07) is 10.3. The Balaban J connectivity index is 1.77. The molecule has 0 radical (unpaired) electrons. The van der Waals surface area contributed by atoms with Crippen LogP contribution in [0.15, 0.2) is 41.7 Å². The van der Waals surface area contributed by atoms with E-state index in [4.69, 9.17) is 4.98 Å². The van der Waals surface area contributed by atoms with Gasteiger partial charge >= 0.3 is 0 Å². The van der Waals surface area contributed by atoms with Crippen molar-refractivity contribution in [2.45, 2.75) is 24.3 Å². The monoisotopic (exact) mass is 392 g/mol. The highest BCUT2D eigenvalue weighted by Gasteiger charge is 2.24. The second-order valence-corrected chi connectivity index (χ2v) is 8.40. The Morgan fingerprint density at radius 3 is 2.78 bits per heavy atom. The molecule has 0 saturated heterocycles. The fourth-order valence-electron chi connectivity index (χ4n) is 3.74. The van der Waals surface area contributed by atoms with Gasteiger partial charge in [0.25, 0.3) is 0 Å². The van der Waals surface area contributed by atoms with E-state index < -0.39 is 5.97 Å². The van der Waals surface area contributed by atoms with E-state index in [2.05, 4.69) is 22.1 Å². The molecular formula is C20H14N3O2S2-. The number of hydrogen-bond donors (Lipinski definition) is 0. The molecule has 0 fully saturated rings. The summed E-state index contributed by atoms with van der Waals surface area (Å²) in [6.45, 7) is 0. The number of pyridine rings is 1. The number of carbonyl (C=O) groups is 1. The average molecular weight is 392 g/mol. The van der Waals surface area contributed by atoms with Crippen molar-refractivity contribution in [1.82, 2.24) is 15.0 Å². The van der Waals surface area contributed by atoms with Crippen LogP contribution in [0, 0.1) is 0 Å². The van der Waals surface area contributed by atoms with Gasteiger partial charge in [0.1, 0.15) is 16.2 Å². The molecule has 7 heteroatoms. The number of rotatable bonds is 4. The molecule has 0 bridgehead atoms. The largest absolute Gasteiger partial charge is 0.549 e. The number of aryl methyl sites for hydroxylation is 1. The summed E-state index contributed by atoms with van der Waals surface area (Å²) in [5, 5.41) is 12.6. The summed E-state index contributed by atoms with van der Waals surface area (Å²) in [6.07, 6.45) is 4.67. The van der Waals surface area contributed by atoms with Crippen molar-refractivity contribution < 1.29 is 9.90 Å². The van der Waals surface area contributed by atoms with Gasteiger partial charge in [0.05, 0.1) is 21.9 Å². The Labute approximate surface area is 163 Å². The zero-order chi connectivity index (χ0) is 18.4. The van der Waals surface area contributed by atoms with Crippen molar-refractivity contribution in [1.29, 1.82) is 0 Å². The van der Waals surface area contributed by atoms with Gasteiger partial charge in [-0.3, -0.25) is 0 Å². The molecule has 3 aromatic heterocycles. The Bertz CT molecular complexity index is 1190. The fraction of sp³-hybridized carbons (Fsp3) is 0.200. The molecule has 27 heavy (non-hydrogen) atoms. The first-order valence-electron chi connectivity index (χ1n) is 8.69. The third-order valence-electron chi connectivity index (χ3n) is 4.81. The third kappa shape index (κ3) is 2.78. The summed E-state index contributed by atoms with van der Waals surface area (Å²) in [5.41, 5.74) is 5.72. The molecule has 4 aromatic rings. The highest BCUT2D eigenvalue weighted by Crippen LogP contribution is 2.43. The van der Waals surface area contributed by atoms with Gasteiger partial charge in [-0.25, -0.2) is 15.0 Å². The van der Waals surface area contributed by atoms with Crippen LogP contribution in [0.2, 0.25) is 0 Å². The lowest BCUT2D eigenvalue weighted by Gasteiger charge is -2.09. The molecule has 3 heterocycles. The summed E-state index contributed by atoms with van der Waals surface area (Å²) >= 11 is 2.72. The smallest absolute Gasteiger partial charge is 0.127 e. The summed E-state index contributed by atoms with van der Waals surface area (Å²) < 4.78 is 0.908. The van der Waals surface area contributed by atoms with Gasteiger partial charge in [0, 0.05) is 16.7 Å². The Morgan fingerprint density at radius 2 is 1.96 bits per heavy atom. The quantitative estimate of drug-likeness (QED) is 0.392. The number of nitrogens with zero attached hydrogens (tertiary/aromatic N) is 3. The van der Waals surface area contributed by atoms with Gasteiger partial charge < -0.3 is 9.90 Å². The van der Waals surface area contributed by atoms with Gasteiger partial charge in [0.15, 0.2) is 0 Å². The maximum atomic E-state index is 10.9. The molecule has 1 aliphatic rings. The van der Waals surface area contributed by atoms with E-state index in [-0.39, 0.29) is 5.75 Å². The normalized spacial score (nSPS) is 13.3. The zero-order valence-corrected chi connectivity index (χ0v) is 15.9. The average Bonchev–Trinajstić information content (AvgIpc) is 3.30. The van der Waals surface area contributed by atoms with Crippen LogP contribution in [0.3, 0.4) is 0 Å². The lowest BCUT2D eigenvalue weighted by Crippen LogP contribution is -2.24. The minimum absolute atomic E-state index is 0.124. The standard InChI is InChI=1S/C20H15N3O2S2/c24-14(25)9-26-20-18-17(21-10-22-20)15-12-7-4-8-13(12)16(23-19(15)27-18)11-5-2-1-3-6-11/h1-3,5-6,10H,4,7-9H2,(H,24,25)/p-1. The third-order valence-corrected chi connectivity index (χ3v) is 6.99. The van der Waals surface area contributed by atoms with E-state index in [1.54, 1.807) is 11.3 Å². The first-order valence-corrected chi connectivity index (χ1v) is 10.5. The Hall–Kier alpha value is -2.51. The van der Waals surface area contributed by atoms with E-state index in [9.17, 15) is 9.90 Å². The van der Waals surface area contributed by atoms with E-state index in [1.807, 2.05) is 18.2 Å². The number of thiophene rings is 1. The van der Waals surface area contributed by atoms with E-state index in [1.165, 1.54) is 29.2 Å². The molecule has 1 aromatic carbocycles. The number of benzene rings is 1. The first kappa shape index (κ1) is 16.6. The van der Waals surface area contributed by atoms with Crippen LogP contribution in [0.1, 0.15) is 17.5 Å². The van der Waals surface area contributed by atoms with Crippen LogP contribution in [-0.2, 0) is 17.6 Å². The molecule has 0 spiro atoms. The fourth-order valence-corrected chi connectivity index (χ4v) is 5.69. The Morgan fingerprint density at radius 1 is 1.15 bits per heavy atom. The molecule has 0 N–H and O–H groups in total. The molecule has 0 atom stereocenters. The summed E-state index contributed by atoms with van der Waals surface area (Å²) in [5.74, 6) is -1.22. The molecule has 134 valence electrons. The number of aromatic nitrogens is 3. The molecule has 5 rings (SSSR count). The summed E-state index contributed by atoms with van der Waals surface area (Å²) in [4.78, 5) is 25.6. The van der Waals surface area contributed by atoms with Crippen molar-refractivity contribution in [2.75, 3.05) is 5.75 Å². The molecular weight excluding hydrogens is 378 g/mol. The van der Waals surface area contributed by atoms with E-state index in [0.29, 0.717) is 5.03 Å². The number of carboxylic acid groups (broad SMARTS) is 1. The molecule has 1 aliphatic carbocycles. The molecule has 0 aliphatic heterocycles. The summed E-state index contributed by atoms with van der Waals surface area (Å²) in [7, 11) is 0. The maximum absolute atomic E-state index is 10.9. The van der Waals surface area contributed by atoms with Crippen LogP contribution in [0.25, 0.3) is 31.7 Å². The lowest BCUT2D eigenvalue weighted by atomic mass is 10.0. The predicted molar refractivity (Wildman–Crippen MR) is 106 cm³/mol. The van der Waals surface area contributed by atoms with Crippen LogP contribution < -0.4 is 5.11 Å². The van der Waals surface area contributed by atoms with Crippen LogP contribution in [0.5, 0.6) is 0 Å². The van der Waals surface area contributed by atoms with Gasteiger partial charge in [-0.2, -0.15) is 0 Å². The second kappa shape index (κ2) is 6.58. The highest BCUT2D eigenvalue weighted by molar-refractivity contribution is 8.00. The van der Waals surface area contributed by atoms with E-state index in [0.717, 1.165) is 51.0 Å². The zero-order valence-electron chi connectivity index (χ0n) is 14.3. The van der Waals surface area contributed by atoms with Crippen molar-refractivity contribution in [3.8, 4) is 11.3 Å². The molecule has 5 nitrogen and oxygen atoms in total. The van der Waals surface area contributed by atoms with Gasteiger partial charge in [-0.15, -0.1) is 11.3 Å². The lowest BCUT2D eigenvalue weighted by molar-refractivity contribution is -0.301. The first-order chi connectivity index (χ1) is 13.2. The minimum atomic E-state index is -1.10. The van der Waals surface area contributed by atoms with Crippen LogP contribution in [-0.4, -0.2) is 26.7 Å². The number of carboxylic acids is 1. The van der Waals surface area contributed by atoms with Gasteiger partial charge in [0.2, 0.25) is 0 Å². The molecule has 0 unspecified atom stereocenters. The molecule has 0 saturated carbocycles. The van der Waals surface area contributed by atoms with Gasteiger partial charge in [-0.1, -0.05) is 42.1 Å². The second-order valence-electron chi connectivity index (χ2n) is 6.44. The predicted octanol–water partition coefficient (Wildman–Crippen LogP) is 3.24. The SMILES string of the molecule is O=C([O-])CSc1ncnc2c1sc1nc(-c3ccccc3)c3c(c12)CCC3. The molecule has 0 amide bonds. The number of thioether (sulfide) groups is 1. The number of fused-ring (bicyclic) bond motifs is 5. The van der Waals surface area contributed by atoms with Gasteiger partial charge in [-0.05, 0) is 30.4 Å². The van der Waals surface area contributed by atoms with Crippen LogP contribution in [0.4, 0.5) is 0 Å². The number of hydrogen-bond acceptors (Lipinski definition) is 7. The van der Waals surface area contributed by atoms with Crippen LogP contribution >= 0.6 is 23.1 Å². The Kier molecular flexibility index (Phi) is 4.06. The maximum Gasteiger partial charge on any atom is 0.127 e. The minimum Gasteiger partial charge on any atom is -0.549 e. The topological polar surface area (TPSA) is 78.8 Å². The van der Waals surface area contributed by atoms with E-state index >= 15 is 0 Å². The number of aliphatic carboxylic acids is 1. The van der Waals surface area contributed by atoms with Crippen molar-refractivity contribution >= 4 is 49.5 Å². The van der Waals surface area contributed by atoms with Crippen molar-refractivity contribution in [2.24, 2.45) is 0 Å². The number of carbonyl (C=O) groups excluding carboxylic acids is 1. The van der Waals surface area contributed by atoms with Crippen molar-refractivity contribution in [3.05, 3.63) is 47.8 Å². The van der Waals surface area contributed by atoms with Crippen molar-refractivity contribution in [3.63, 3.8) is 0 Å².